The van der Waals surface area contributed by atoms with E-state index in [1.807, 2.05) is 19.1 Å². The number of nitrogens with zero attached hydrogens (tertiary/aromatic N) is 2. The standard InChI is InChI=1S/C12H11FN4S/c1-8-4-6-14-10(7-8)16-12(18)17-11-9(13)3-2-5-15-11/h2-7H,1H3,(H2,14,15,16,17,18). The molecular formula is C12H11FN4S. The Labute approximate surface area is 109 Å². The number of hydrogen-bond donors (Lipinski definition) is 2. The van der Waals surface area contributed by atoms with E-state index in [1.165, 1.54) is 18.3 Å². The van der Waals surface area contributed by atoms with Crippen LogP contribution >= 0.6 is 12.2 Å². The number of nitrogens with one attached hydrogen (secondary N) is 2. The fourth-order valence-electron chi connectivity index (χ4n) is 1.34. The van der Waals surface area contributed by atoms with Gasteiger partial charge in [-0.25, -0.2) is 14.4 Å². The van der Waals surface area contributed by atoms with Gasteiger partial charge in [-0.05, 0) is 49.0 Å². The Kier molecular flexibility index (Phi) is 3.78. The summed E-state index contributed by atoms with van der Waals surface area (Å²) in [5.74, 6) is 0.227. The molecule has 0 atom stereocenters. The van der Waals surface area contributed by atoms with Gasteiger partial charge in [-0.15, -0.1) is 0 Å². The summed E-state index contributed by atoms with van der Waals surface area (Å²) in [4.78, 5) is 7.93. The summed E-state index contributed by atoms with van der Waals surface area (Å²) in [6.45, 7) is 1.95. The molecule has 6 heteroatoms. The van der Waals surface area contributed by atoms with Crippen molar-refractivity contribution in [2.45, 2.75) is 6.92 Å². The maximum Gasteiger partial charge on any atom is 0.177 e. The lowest BCUT2D eigenvalue weighted by atomic mass is 10.3. The van der Waals surface area contributed by atoms with Crippen molar-refractivity contribution in [1.82, 2.24) is 9.97 Å². The van der Waals surface area contributed by atoms with Crippen LogP contribution in [0.2, 0.25) is 0 Å². The van der Waals surface area contributed by atoms with Crippen molar-refractivity contribution in [2.24, 2.45) is 0 Å². The van der Waals surface area contributed by atoms with Gasteiger partial charge >= 0.3 is 0 Å². The maximum absolute atomic E-state index is 13.3. The molecule has 2 heterocycles. The van der Waals surface area contributed by atoms with Gasteiger partial charge in [-0.3, -0.25) is 0 Å². The molecule has 0 saturated heterocycles. The summed E-state index contributed by atoms with van der Waals surface area (Å²) in [5.41, 5.74) is 1.05. The largest absolute Gasteiger partial charge is 0.317 e. The van der Waals surface area contributed by atoms with Crippen molar-refractivity contribution in [3.63, 3.8) is 0 Å². The maximum atomic E-state index is 13.3. The summed E-state index contributed by atoms with van der Waals surface area (Å²) in [6, 6.07) is 6.53. The predicted molar refractivity (Wildman–Crippen MR) is 73.0 cm³/mol. The normalized spacial score (nSPS) is 9.89. The monoisotopic (exact) mass is 262 g/mol. The topological polar surface area (TPSA) is 49.8 Å². The quantitative estimate of drug-likeness (QED) is 0.815. The second-order valence-corrected chi connectivity index (χ2v) is 4.04. The third-order valence-corrected chi connectivity index (χ3v) is 2.35. The van der Waals surface area contributed by atoms with Crippen LogP contribution in [0.1, 0.15) is 5.56 Å². The van der Waals surface area contributed by atoms with Crippen LogP contribution in [0.4, 0.5) is 16.0 Å². The molecule has 2 aromatic heterocycles. The Hall–Kier alpha value is -2.08. The van der Waals surface area contributed by atoms with Crippen molar-refractivity contribution < 1.29 is 4.39 Å². The van der Waals surface area contributed by atoms with Crippen LogP contribution in [-0.2, 0) is 0 Å². The minimum absolute atomic E-state index is 0.0858. The molecular weight excluding hydrogens is 251 g/mol. The van der Waals surface area contributed by atoms with Crippen LogP contribution < -0.4 is 10.6 Å². The van der Waals surface area contributed by atoms with Crippen molar-refractivity contribution in [3.8, 4) is 0 Å². The van der Waals surface area contributed by atoms with Gasteiger partial charge in [0.1, 0.15) is 5.82 Å². The van der Waals surface area contributed by atoms with Crippen molar-refractivity contribution in [2.75, 3.05) is 10.6 Å². The van der Waals surface area contributed by atoms with Crippen LogP contribution in [0.5, 0.6) is 0 Å². The van der Waals surface area contributed by atoms with Crippen LogP contribution in [0, 0.1) is 12.7 Å². The third kappa shape index (κ3) is 3.21. The summed E-state index contributed by atoms with van der Waals surface area (Å²) in [6.07, 6.45) is 3.15. The van der Waals surface area contributed by atoms with E-state index in [0.29, 0.717) is 5.82 Å². The van der Waals surface area contributed by atoms with Gasteiger partial charge in [0.25, 0.3) is 0 Å². The first kappa shape index (κ1) is 12.4. The van der Waals surface area contributed by atoms with E-state index in [-0.39, 0.29) is 10.9 Å². The predicted octanol–water partition coefficient (Wildman–Crippen LogP) is 2.73. The molecule has 2 rings (SSSR count). The molecule has 0 bridgehead atoms. The minimum Gasteiger partial charge on any atom is -0.317 e. The van der Waals surface area contributed by atoms with Crippen LogP contribution in [-0.4, -0.2) is 15.1 Å². The molecule has 2 aromatic rings. The van der Waals surface area contributed by atoms with E-state index in [2.05, 4.69) is 20.6 Å². The summed E-state index contributed by atoms with van der Waals surface area (Å²) in [7, 11) is 0. The zero-order chi connectivity index (χ0) is 13.0. The number of aryl methyl sites for hydroxylation is 1. The molecule has 0 fully saturated rings. The molecule has 0 aliphatic carbocycles. The number of halogens is 1. The van der Waals surface area contributed by atoms with E-state index in [4.69, 9.17) is 12.2 Å². The summed E-state index contributed by atoms with van der Waals surface area (Å²) in [5, 5.41) is 5.77. The second-order valence-electron chi connectivity index (χ2n) is 3.63. The fourth-order valence-corrected chi connectivity index (χ4v) is 1.54. The molecule has 2 N–H and O–H groups in total. The lowest BCUT2D eigenvalue weighted by Crippen LogP contribution is -2.21. The van der Waals surface area contributed by atoms with E-state index in [9.17, 15) is 4.39 Å². The van der Waals surface area contributed by atoms with Crippen molar-refractivity contribution in [1.29, 1.82) is 0 Å². The molecule has 0 spiro atoms. The fraction of sp³-hybridized carbons (Fsp3) is 0.0833. The highest BCUT2D eigenvalue weighted by Gasteiger charge is 2.05. The zero-order valence-electron chi connectivity index (χ0n) is 9.64. The van der Waals surface area contributed by atoms with E-state index in [0.717, 1.165) is 5.56 Å². The minimum atomic E-state index is -0.459. The highest BCUT2D eigenvalue weighted by atomic mass is 32.1. The molecule has 0 amide bonds. The Balaban J connectivity index is 2.03. The number of thiocarbonyl (C=S) groups is 1. The van der Waals surface area contributed by atoms with Gasteiger partial charge in [-0.1, -0.05) is 0 Å². The first-order valence-electron chi connectivity index (χ1n) is 5.26. The van der Waals surface area contributed by atoms with Gasteiger partial charge in [0.05, 0.1) is 0 Å². The first-order chi connectivity index (χ1) is 8.65. The van der Waals surface area contributed by atoms with Gasteiger partial charge in [-0.2, -0.15) is 0 Å². The molecule has 18 heavy (non-hydrogen) atoms. The SMILES string of the molecule is Cc1ccnc(NC(=S)Nc2ncccc2F)c1. The van der Waals surface area contributed by atoms with Crippen molar-refractivity contribution in [3.05, 3.63) is 48.0 Å². The number of anilines is 2. The van der Waals surface area contributed by atoms with Gasteiger partial charge in [0.15, 0.2) is 16.7 Å². The molecule has 92 valence electrons. The number of pyridine rings is 2. The van der Waals surface area contributed by atoms with Gasteiger partial charge in [0, 0.05) is 12.4 Å². The van der Waals surface area contributed by atoms with Crippen LogP contribution in [0.25, 0.3) is 0 Å². The molecule has 0 saturated carbocycles. The average Bonchev–Trinajstić information content (AvgIpc) is 2.32. The Morgan fingerprint density at radius 1 is 1.22 bits per heavy atom. The van der Waals surface area contributed by atoms with Gasteiger partial charge < -0.3 is 10.6 Å². The molecule has 4 nitrogen and oxygen atoms in total. The van der Waals surface area contributed by atoms with E-state index in [1.54, 1.807) is 6.20 Å². The highest BCUT2D eigenvalue weighted by Crippen LogP contribution is 2.10. The van der Waals surface area contributed by atoms with Gasteiger partial charge in [0.2, 0.25) is 0 Å². The second kappa shape index (κ2) is 5.50. The van der Waals surface area contributed by atoms with E-state index < -0.39 is 5.82 Å². The average molecular weight is 262 g/mol. The van der Waals surface area contributed by atoms with Crippen molar-refractivity contribution >= 4 is 29.0 Å². The third-order valence-electron chi connectivity index (χ3n) is 2.15. The number of rotatable bonds is 2. The Morgan fingerprint density at radius 2 is 2.06 bits per heavy atom. The molecule has 0 aliphatic rings. The smallest absolute Gasteiger partial charge is 0.177 e. The molecule has 0 aromatic carbocycles. The Bertz CT molecular complexity index is 574. The zero-order valence-corrected chi connectivity index (χ0v) is 10.5. The highest BCUT2D eigenvalue weighted by molar-refractivity contribution is 7.80. The number of aromatic nitrogens is 2. The molecule has 0 unspecified atom stereocenters. The lowest BCUT2D eigenvalue weighted by Gasteiger charge is -2.09. The van der Waals surface area contributed by atoms with Crippen LogP contribution in [0.15, 0.2) is 36.7 Å². The Morgan fingerprint density at radius 3 is 2.78 bits per heavy atom. The molecule has 0 radical (unpaired) electrons. The lowest BCUT2D eigenvalue weighted by molar-refractivity contribution is 0.627. The molecule has 0 aliphatic heterocycles. The van der Waals surface area contributed by atoms with E-state index >= 15 is 0 Å². The number of hydrogen-bond acceptors (Lipinski definition) is 3. The first-order valence-corrected chi connectivity index (χ1v) is 5.67. The summed E-state index contributed by atoms with van der Waals surface area (Å²) >= 11 is 5.05. The summed E-state index contributed by atoms with van der Waals surface area (Å²) < 4.78 is 13.3. The van der Waals surface area contributed by atoms with Crippen LogP contribution in [0.3, 0.4) is 0 Å².